The minimum Gasteiger partial charge on any atom is -0.392 e. The van der Waals surface area contributed by atoms with Crippen LogP contribution in [0.2, 0.25) is 0 Å². The summed E-state index contributed by atoms with van der Waals surface area (Å²) < 4.78 is 2.16. The van der Waals surface area contributed by atoms with E-state index in [9.17, 15) is 10.2 Å². The average Bonchev–Trinajstić information content (AvgIpc) is 3.13. The first-order valence-electron chi connectivity index (χ1n) is 9.44. The molecule has 5 heteroatoms. The number of pyridine rings is 2. The minimum atomic E-state index is -0.108. The van der Waals surface area contributed by atoms with E-state index >= 15 is 0 Å². The number of aliphatic hydroxyl groups is 2. The van der Waals surface area contributed by atoms with Gasteiger partial charge in [-0.3, -0.25) is 9.97 Å². The molecule has 0 spiro atoms. The Morgan fingerprint density at radius 2 is 1.62 bits per heavy atom. The normalized spacial score (nSPS) is 11.4. The SMILES string of the molecule is OCc1ccnc(-c2ccc(-n3c4ccccc4c4ncccc43)cc2CO)c1. The Hall–Kier alpha value is -3.54. The highest BCUT2D eigenvalue weighted by molar-refractivity contribution is 6.06. The number of para-hydroxylation sites is 1. The summed E-state index contributed by atoms with van der Waals surface area (Å²) >= 11 is 0. The van der Waals surface area contributed by atoms with E-state index in [0.29, 0.717) is 0 Å². The van der Waals surface area contributed by atoms with E-state index in [-0.39, 0.29) is 13.2 Å². The maximum Gasteiger partial charge on any atom is 0.0963 e. The van der Waals surface area contributed by atoms with Crippen molar-refractivity contribution in [1.82, 2.24) is 14.5 Å². The molecular weight excluding hydrogens is 362 g/mol. The van der Waals surface area contributed by atoms with Crippen molar-refractivity contribution < 1.29 is 10.2 Å². The van der Waals surface area contributed by atoms with Crippen LogP contribution in [0.1, 0.15) is 11.1 Å². The molecule has 0 saturated heterocycles. The van der Waals surface area contributed by atoms with Crippen LogP contribution in [0.5, 0.6) is 0 Å². The molecule has 0 radical (unpaired) electrons. The number of hydrogen-bond donors (Lipinski definition) is 2. The molecule has 5 aromatic rings. The summed E-state index contributed by atoms with van der Waals surface area (Å²) in [5.74, 6) is 0. The molecule has 0 atom stereocenters. The molecule has 2 N–H and O–H groups in total. The summed E-state index contributed by atoms with van der Waals surface area (Å²) in [4.78, 5) is 9.00. The van der Waals surface area contributed by atoms with Gasteiger partial charge in [0.2, 0.25) is 0 Å². The molecular formula is C24H19N3O2. The van der Waals surface area contributed by atoms with E-state index in [1.807, 2.05) is 42.5 Å². The van der Waals surface area contributed by atoms with Gasteiger partial charge in [0.25, 0.3) is 0 Å². The fraction of sp³-hybridized carbons (Fsp3) is 0.0833. The van der Waals surface area contributed by atoms with Crippen LogP contribution in [0.3, 0.4) is 0 Å². The highest BCUT2D eigenvalue weighted by Crippen LogP contribution is 2.32. The van der Waals surface area contributed by atoms with Crippen molar-refractivity contribution in [3.05, 3.63) is 90.3 Å². The topological polar surface area (TPSA) is 71.2 Å². The van der Waals surface area contributed by atoms with Gasteiger partial charge in [-0.2, -0.15) is 0 Å². The number of rotatable bonds is 4. The van der Waals surface area contributed by atoms with Gasteiger partial charge in [0, 0.05) is 29.0 Å². The number of nitrogens with zero attached hydrogens (tertiary/aromatic N) is 3. The van der Waals surface area contributed by atoms with Crippen LogP contribution in [0, 0.1) is 0 Å². The second kappa shape index (κ2) is 7.13. The van der Waals surface area contributed by atoms with Gasteiger partial charge < -0.3 is 14.8 Å². The van der Waals surface area contributed by atoms with Gasteiger partial charge in [-0.1, -0.05) is 24.3 Å². The highest BCUT2D eigenvalue weighted by Gasteiger charge is 2.14. The summed E-state index contributed by atoms with van der Waals surface area (Å²) in [7, 11) is 0. The Kier molecular flexibility index (Phi) is 4.31. The Balaban J connectivity index is 1.73. The summed E-state index contributed by atoms with van der Waals surface area (Å²) in [6.45, 7) is -0.153. The van der Waals surface area contributed by atoms with Gasteiger partial charge in [0.05, 0.1) is 35.5 Å². The first kappa shape index (κ1) is 17.6. The molecule has 2 aromatic carbocycles. The van der Waals surface area contributed by atoms with E-state index in [1.54, 1.807) is 18.5 Å². The van der Waals surface area contributed by atoms with Crippen molar-refractivity contribution in [1.29, 1.82) is 0 Å². The number of aliphatic hydroxyl groups excluding tert-OH is 2. The van der Waals surface area contributed by atoms with Crippen LogP contribution in [0.4, 0.5) is 0 Å². The van der Waals surface area contributed by atoms with Crippen LogP contribution in [-0.4, -0.2) is 24.7 Å². The molecule has 3 heterocycles. The number of benzene rings is 2. The van der Waals surface area contributed by atoms with E-state index < -0.39 is 0 Å². The van der Waals surface area contributed by atoms with Crippen molar-refractivity contribution in [3.63, 3.8) is 0 Å². The quantitative estimate of drug-likeness (QED) is 0.489. The molecule has 0 aliphatic heterocycles. The largest absolute Gasteiger partial charge is 0.392 e. The van der Waals surface area contributed by atoms with Gasteiger partial charge in [-0.25, -0.2) is 0 Å². The minimum absolute atomic E-state index is 0.0452. The second-order valence-corrected chi connectivity index (χ2v) is 6.93. The first-order valence-corrected chi connectivity index (χ1v) is 9.44. The standard InChI is InChI=1S/C24H19N3O2/c28-14-16-9-11-25-21(12-16)19-8-7-18(13-17(19)15-29)27-22-5-2-1-4-20(22)24-23(27)6-3-10-26-24/h1-13,28-29H,14-15H2. The maximum absolute atomic E-state index is 10.1. The second-order valence-electron chi connectivity index (χ2n) is 6.93. The lowest BCUT2D eigenvalue weighted by Crippen LogP contribution is -1.99. The molecule has 0 fully saturated rings. The molecule has 0 bridgehead atoms. The highest BCUT2D eigenvalue weighted by atomic mass is 16.3. The molecule has 142 valence electrons. The molecule has 29 heavy (non-hydrogen) atoms. The maximum atomic E-state index is 10.1. The lowest BCUT2D eigenvalue weighted by atomic mass is 10.0. The summed E-state index contributed by atoms with van der Waals surface area (Å²) in [5.41, 5.74) is 7.15. The van der Waals surface area contributed by atoms with Crippen LogP contribution in [0.15, 0.2) is 79.1 Å². The van der Waals surface area contributed by atoms with Gasteiger partial charge in [-0.05, 0) is 53.6 Å². The molecule has 3 aromatic heterocycles. The van der Waals surface area contributed by atoms with Crippen molar-refractivity contribution in [3.8, 4) is 16.9 Å². The molecule has 0 aliphatic carbocycles. The van der Waals surface area contributed by atoms with Gasteiger partial charge in [0.1, 0.15) is 0 Å². The number of aromatic nitrogens is 3. The molecule has 5 rings (SSSR count). The molecule has 0 aliphatic rings. The monoisotopic (exact) mass is 381 g/mol. The van der Waals surface area contributed by atoms with E-state index in [1.165, 1.54) is 0 Å². The van der Waals surface area contributed by atoms with Crippen LogP contribution >= 0.6 is 0 Å². The third-order valence-corrected chi connectivity index (χ3v) is 5.23. The van der Waals surface area contributed by atoms with Crippen LogP contribution in [0.25, 0.3) is 38.9 Å². The Labute approximate surface area is 167 Å². The van der Waals surface area contributed by atoms with E-state index in [0.717, 1.165) is 50.0 Å². The Morgan fingerprint density at radius 1 is 0.759 bits per heavy atom. The summed E-state index contributed by atoms with van der Waals surface area (Å²) in [5, 5.41) is 20.6. The summed E-state index contributed by atoms with van der Waals surface area (Å²) in [6.07, 6.45) is 3.48. The predicted octanol–water partition coefficient (Wildman–Crippen LogP) is 4.23. The fourth-order valence-electron chi connectivity index (χ4n) is 3.88. The zero-order chi connectivity index (χ0) is 19.8. The van der Waals surface area contributed by atoms with Crippen molar-refractivity contribution in [2.75, 3.05) is 0 Å². The van der Waals surface area contributed by atoms with Crippen LogP contribution in [-0.2, 0) is 13.2 Å². The Bertz CT molecular complexity index is 1290. The Morgan fingerprint density at radius 3 is 2.48 bits per heavy atom. The van der Waals surface area contributed by atoms with Crippen molar-refractivity contribution in [2.24, 2.45) is 0 Å². The number of fused-ring (bicyclic) bond motifs is 3. The lowest BCUT2D eigenvalue weighted by molar-refractivity contribution is 0.281. The fourth-order valence-corrected chi connectivity index (χ4v) is 3.88. The molecule has 5 nitrogen and oxygen atoms in total. The van der Waals surface area contributed by atoms with E-state index in [2.05, 4.69) is 32.7 Å². The van der Waals surface area contributed by atoms with Gasteiger partial charge in [-0.15, -0.1) is 0 Å². The van der Waals surface area contributed by atoms with Gasteiger partial charge in [0.15, 0.2) is 0 Å². The smallest absolute Gasteiger partial charge is 0.0963 e. The molecule has 0 saturated carbocycles. The molecule has 0 unspecified atom stereocenters. The zero-order valence-electron chi connectivity index (χ0n) is 15.7. The van der Waals surface area contributed by atoms with Crippen molar-refractivity contribution in [2.45, 2.75) is 13.2 Å². The van der Waals surface area contributed by atoms with Crippen LogP contribution < -0.4 is 0 Å². The predicted molar refractivity (Wildman–Crippen MR) is 114 cm³/mol. The third kappa shape index (κ3) is 2.88. The van der Waals surface area contributed by atoms with E-state index in [4.69, 9.17) is 0 Å². The number of hydrogen-bond acceptors (Lipinski definition) is 4. The van der Waals surface area contributed by atoms with Gasteiger partial charge >= 0.3 is 0 Å². The zero-order valence-corrected chi connectivity index (χ0v) is 15.7. The molecule has 0 amide bonds. The third-order valence-electron chi connectivity index (χ3n) is 5.23. The summed E-state index contributed by atoms with van der Waals surface area (Å²) in [6, 6.07) is 21.8. The lowest BCUT2D eigenvalue weighted by Gasteiger charge is -2.13. The average molecular weight is 381 g/mol. The first-order chi connectivity index (χ1) is 14.3. The van der Waals surface area contributed by atoms with Crippen molar-refractivity contribution >= 4 is 21.9 Å².